The summed E-state index contributed by atoms with van der Waals surface area (Å²) in [5, 5.41) is 6.78. The zero-order valence-electron chi connectivity index (χ0n) is 19.2. The van der Waals surface area contributed by atoms with Crippen LogP contribution in [0, 0.1) is 0 Å². The van der Waals surface area contributed by atoms with Gasteiger partial charge in [-0.2, -0.15) is 0 Å². The highest BCUT2D eigenvalue weighted by Crippen LogP contribution is 2.15. The predicted molar refractivity (Wildman–Crippen MR) is 144 cm³/mol. The Labute approximate surface area is 209 Å². The Balaban J connectivity index is 0.00000363. The number of hydrogen-bond donors (Lipinski definition) is 2. The van der Waals surface area contributed by atoms with E-state index in [1.807, 2.05) is 4.90 Å². The quantitative estimate of drug-likeness (QED) is 0.204. The molecule has 1 fully saturated rings. The van der Waals surface area contributed by atoms with Crippen molar-refractivity contribution in [1.82, 2.24) is 15.5 Å². The molecule has 0 aliphatic carbocycles. The fraction of sp³-hybridized carbons (Fsp3) is 0.440. The maximum atomic E-state index is 11.8. The van der Waals surface area contributed by atoms with Crippen molar-refractivity contribution in [3.05, 3.63) is 65.7 Å². The Morgan fingerprint density at radius 1 is 1.06 bits per heavy atom. The molecule has 0 bridgehead atoms. The standard InChI is InChI=1S/C25H35N5O.HI/c1-3-29(23-9-5-4-6-10-23)18-8-16-27-25(26-2)28-19-21-12-14-22(15-13-21)20-30-17-7-11-24(30)31;/h4-6,9-10,12-15H,3,7-8,11,16-20H2,1-2H3,(H2,26,27,28);1H. The van der Waals surface area contributed by atoms with Crippen molar-refractivity contribution in [1.29, 1.82) is 0 Å². The summed E-state index contributed by atoms with van der Waals surface area (Å²) in [6, 6.07) is 19.0. The van der Waals surface area contributed by atoms with Crippen LogP contribution in [0.5, 0.6) is 0 Å². The molecule has 2 aromatic carbocycles. The maximum absolute atomic E-state index is 11.8. The molecule has 1 amide bonds. The van der Waals surface area contributed by atoms with Crippen LogP contribution in [0.15, 0.2) is 59.6 Å². The smallest absolute Gasteiger partial charge is 0.222 e. The highest BCUT2D eigenvalue weighted by atomic mass is 127. The first-order chi connectivity index (χ1) is 15.2. The van der Waals surface area contributed by atoms with E-state index in [9.17, 15) is 4.79 Å². The third-order valence-corrected chi connectivity index (χ3v) is 5.65. The van der Waals surface area contributed by atoms with Gasteiger partial charge in [-0.15, -0.1) is 24.0 Å². The van der Waals surface area contributed by atoms with E-state index in [1.165, 1.54) is 16.8 Å². The van der Waals surface area contributed by atoms with Gasteiger partial charge in [0.05, 0.1) is 0 Å². The number of anilines is 1. The SMILES string of the molecule is CCN(CCCNC(=NC)NCc1ccc(CN2CCCC2=O)cc1)c1ccccc1.I. The molecule has 1 aliphatic rings. The molecule has 0 radical (unpaired) electrons. The van der Waals surface area contributed by atoms with Crippen LogP contribution in [0.1, 0.15) is 37.3 Å². The topological polar surface area (TPSA) is 60.0 Å². The molecule has 7 heteroatoms. The number of guanidine groups is 1. The highest BCUT2D eigenvalue weighted by molar-refractivity contribution is 14.0. The number of carbonyl (C=O) groups excluding carboxylic acids is 1. The van der Waals surface area contributed by atoms with Gasteiger partial charge in [-0.05, 0) is 43.0 Å². The predicted octanol–water partition coefficient (Wildman–Crippen LogP) is 4.01. The van der Waals surface area contributed by atoms with Crippen molar-refractivity contribution >= 4 is 41.5 Å². The minimum Gasteiger partial charge on any atom is -0.372 e. The van der Waals surface area contributed by atoms with Gasteiger partial charge in [-0.25, -0.2) is 0 Å². The number of benzene rings is 2. The van der Waals surface area contributed by atoms with E-state index in [4.69, 9.17) is 0 Å². The molecule has 2 N–H and O–H groups in total. The van der Waals surface area contributed by atoms with Gasteiger partial charge < -0.3 is 20.4 Å². The molecule has 1 heterocycles. The Bertz CT molecular complexity index is 841. The molecule has 0 atom stereocenters. The van der Waals surface area contributed by atoms with E-state index < -0.39 is 0 Å². The van der Waals surface area contributed by atoms with Gasteiger partial charge in [0.25, 0.3) is 0 Å². The Hall–Kier alpha value is -2.29. The molecule has 3 rings (SSSR count). The van der Waals surface area contributed by atoms with Gasteiger partial charge in [0.2, 0.25) is 5.91 Å². The molecule has 6 nitrogen and oxygen atoms in total. The number of likely N-dealkylation sites (tertiary alicyclic amines) is 1. The summed E-state index contributed by atoms with van der Waals surface area (Å²) in [6.07, 6.45) is 2.71. The van der Waals surface area contributed by atoms with E-state index in [1.54, 1.807) is 7.05 Å². The fourth-order valence-corrected chi connectivity index (χ4v) is 3.85. The Morgan fingerprint density at radius 3 is 2.41 bits per heavy atom. The van der Waals surface area contributed by atoms with Crippen LogP contribution in [0.3, 0.4) is 0 Å². The number of nitrogens with one attached hydrogen (secondary N) is 2. The minimum absolute atomic E-state index is 0. The monoisotopic (exact) mass is 549 g/mol. The number of carbonyl (C=O) groups is 1. The van der Waals surface area contributed by atoms with Crippen molar-refractivity contribution in [2.45, 2.75) is 39.3 Å². The summed E-state index contributed by atoms with van der Waals surface area (Å²) < 4.78 is 0. The molecule has 0 aromatic heterocycles. The van der Waals surface area contributed by atoms with Crippen LogP contribution in [0.25, 0.3) is 0 Å². The average Bonchev–Trinajstić information content (AvgIpc) is 3.21. The fourth-order valence-electron chi connectivity index (χ4n) is 3.85. The van der Waals surface area contributed by atoms with Gasteiger partial charge in [-0.1, -0.05) is 42.5 Å². The largest absolute Gasteiger partial charge is 0.372 e. The van der Waals surface area contributed by atoms with Gasteiger partial charge >= 0.3 is 0 Å². The van der Waals surface area contributed by atoms with Gasteiger partial charge in [0.1, 0.15) is 0 Å². The molecule has 174 valence electrons. The molecule has 32 heavy (non-hydrogen) atoms. The maximum Gasteiger partial charge on any atom is 0.222 e. The molecular weight excluding hydrogens is 513 g/mol. The second kappa shape index (κ2) is 14.0. The lowest BCUT2D eigenvalue weighted by molar-refractivity contribution is -0.128. The van der Waals surface area contributed by atoms with Crippen LogP contribution in [-0.4, -0.2) is 50.0 Å². The lowest BCUT2D eigenvalue weighted by Gasteiger charge is -2.23. The molecule has 0 saturated carbocycles. The first kappa shape index (κ1) is 26.0. The van der Waals surface area contributed by atoms with Crippen LogP contribution >= 0.6 is 24.0 Å². The van der Waals surface area contributed by atoms with Crippen LogP contribution in [-0.2, 0) is 17.9 Å². The lowest BCUT2D eigenvalue weighted by Crippen LogP contribution is -2.38. The van der Waals surface area contributed by atoms with E-state index >= 15 is 0 Å². The van der Waals surface area contributed by atoms with Crippen molar-refractivity contribution in [3.8, 4) is 0 Å². The lowest BCUT2D eigenvalue weighted by atomic mass is 10.1. The van der Waals surface area contributed by atoms with E-state index in [0.29, 0.717) is 19.5 Å². The van der Waals surface area contributed by atoms with Gasteiger partial charge in [0.15, 0.2) is 5.96 Å². The summed E-state index contributed by atoms with van der Waals surface area (Å²) in [7, 11) is 1.80. The van der Waals surface area contributed by atoms with Crippen molar-refractivity contribution in [2.24, 2.45) is 4.99 Å². The molecule has 1 saturated heterocycles. The summed E-state index contributed by atoms with van der Waals surface area (Å²) in [5.74, 6) is 1.08. The molecular formula is C25H36IN5O. The molecule has 0 spiro atoms. The average molecular weight is 550 g/mol. The second-order valence-corrected chi connectivity index (χ2v) is 7.86. The van der Waals surface area contributed by atoms with Gasteiger partial charge in [-0.3, -0.25) is 9.79 Å². The van der Waals surface area contributed by atoms with E-state index in [-0.39, 0.29) is 29.9 Å². The number of amides is 1. The van der Waals surface area contributed by atoms with Crippen molar-refractivity contribution < 1.29 is 4.79 Å². The zero-order valence-corrected chi connectivity index (χ0v) is 21.5. The Morgan fingerprint density at radius 2 is 1.78 bits per heavy atom. The molecule has 1 aliphatic heterocycles. The first-order valence-corrected chi connectivity index (χ1v) is 11.3. The number of hydrogen-bond acceptors (Lipinski definition) is 3. The van der Waals surface area contributed by atoms with Crippen LogP contribution < -0.4 is 15.5 Å². The first-order valence-electron chi connectivity index (χ1n) is 11.3. The van der Waals surface area contributed by atoms with Crippen LogP contribution in [0.4, 0.5) is 5.69 Å². The number of para-hydroxylation sites is 1. The normalized spacial score (nSPS) is 13.6. The number of rotatable bonds is 10. The van der Waals surface area contributed by atoms with Crippen molar-refractivity contribution in [2.75, 3.05) is 38.1 Å². The summed E-state index contributed by atoms with van der Waals surface area (Å²) in [5.41, 5.74) is 3.64. The summed E-state index contributed by atoms with van der Waals surface area (Å²) in [6.45, 7) is 7.37. The Kier molecular flexibility index (Phi) is 11.3. The second-order valence-electron chi connectivity index (χ2n) is 7.86. The van der Waals surface area contributed by atoms with Crippen molar-refractivity contribution in [3.63, 3.8) is 0 Å². The van der Waals surface area contributed by atoms with E-state index in [2.05, 4.69) is 82.0 Å². The molecule has 2 aromatic rings. The number of nitrogens with zero attached hydrogens (tertiary/aromatic N) is 3. The van der Waals surface area contributed by atoms with Crippen LogP contribution in [0.2, 0.25) is 0 Å². The number of halogens is 1. The third kappa shape index (κ3) is 8.00. The summed E-state index contributed by atoms with van der Waals surface area (Å²) >= 11 is 0. The molecule has 0 unspecified atom stereocenters. The summed E-state index contributed by atoms with van der Waals surface area (Å²) in [4.78, 5) is 20.4. The minimum atomic E-state index is 0. The number of aliphatic imine (C=N–C) groups is 1. The van der Waals surface area contributed by atoms with Gasteiger partial charge in [0, 0.05) is 58.4 Å². The third-order valence-electron chi connectivity index (χ3n) is 5.65. The highest BCUT2D eigenvalue weighted by Gasteiger charge is 2.19. The zero-order chi connectivity index (χ0) is 21.9. The van der Waals surface area contributed by atoms with E-state index in [0.717, 1.165) is 45.0 Å².